The summed E-state index contributed by atoms with van der Waals surface area (Å²) in [5.41, 5.74) is 1.46. The molecule has 18 heavy (non-hydrogen) atoms. The fraction of sp³-hybridized carbons (Fsp3) is 0.765. The normalized spacial score (nSPS) is 10.9. The van der Waals surface area contributed by atoms with Gasteiger partial charge in [0.1, 0.15) is 0 Å². The number of rotatable bonds is 12. The maximum absolute atomic E-state index is 3.12. The Labute approximate surface area is 113 Å². The van der Waals surface area contributed by atoms with Gasteiger partial charge < -0.3 is 4.98 Å². The van der Waals surface area contributed by atoms with E-state index in [2.05, 4.69) is 24.2 Å². The number of H-pyrrole nitrogens is 1. The average molecular weight is 249 g/mol. The summed E-state index contributed by atoms with van der Waals surface area (Å²) in [6, 6.07) is 2.19. The predicted octanol–water partition coefficient (Wildman–Crippen LogP) is 5.87. The molecule has 1 aromatic heterocycles. The summed E-state index contributed by atoms with van der Waals surface area (Å²) in [7, 11) is 0. The van der Waals surface area contributed by atoms with Crippen LogP contribution in [0.15, 0.2) is 18.5 Å². The molecule has 0 bridgehead atoms. The van der Waals surface area contributed by atoms with Gasteiger partial charge in [-0.25, -0.2) is 0 Å². The summed E-state index contributed by atoms with van der Waals surface area (Å²) in [6.45, 7) is 2.29. The molecule has 0 radical (unpaired) electrons. The van der Waals surface area contributed by atoms with Gasteiger partial charge in [0.2, 0.25) is 0 Å². The number of aromatic nitrogens is 1. The van der Waals surface area contributed by atoms with Crippen LogP contribution in [0.1, 0.15) is 83.1 Å². The van der Waals surface area contributed by atoms with Gasteiger partial charge in [-0.3, -0.25) is 0 Å². The number of aromatic amines is 1. The lowest BCUT2D eigenvalue weighted by Crippen LogP contribution is -1.84. The van der Waals surface area contributed by atoms with Crippen LogP contribution in [-0.4, -0.2) is 4.98 Å². The third-order valence-corrected chi connectivity index (χ3v) is 3.73. The van der Waals surface area contributed by atoms with E-state index < -0.39 is 0 Å². The Morgan fingerprint density at radius 2 is 1.33 bits per heavy atom. The Hall–Kier alpha value is -0.720. The number of unbranched alkanes of at least 4 members (excludes halogenated alkanes) is 10. The van der Waals surface area contributed by atoms with Gasteiger partial charge in [0.05, 0.1) is 0 Å². The van der Waals surface area contributed by atoms with Crippen molar-refractivity contribution in [2.45, 2.75) is 84.0 Å². The third kappa shape index (κ3) is 8.38. The van der Waals surface area contributed by atoms with Crippen LogP contribution in [0.4, 0.5) is 0 Å². The average Bonchev–Trinajstić information content (AvgIpc) is 2.89. The van der Waals surface area contributed by atoms with Gasteiger partial charge >= 0.3 is 0 Å². The lowest BCUT2D eigenvalue weighted by atomic mass is 10.0. The molecule has 0 atom stereocenters. The van der Waals surface area contributed by atoms with Crippen molar-refractivity contribution in [1.82, 2.24) is 4.98 Å². The minimum Gasteiger partial charge on any atom is -0.367 e. The van der Waals surface area contributed by atoms with Crippen LogP contribution < -0.4 is 0 Å². The van der Waals surface area contributed by atoms with Crippen molar-refractivity contribution in [1.29, 1.82) is 0 Å². The highest BCUT2D eigenvalue weighted by Gasteiger charge is 1.95. The summed E-state index contributed by atoms with van der Waals surface area (Å²) in [5.74, 6) is 0. The first-order valence-electron chi connectivity index (χ1n) is 8.05. The Bertz CT molecular complexity index is 251. The predicted molar refractivity (Wildman–Crippen MR) is 81.0 cm³/mol. The fourth-order valence-corrected chi connectivity index (χ4v) is 2.51. The highest BCUT2D eigenvalue weighted by molar-refractivity contribution is 5.07. The molecule has 1 heterocycles. The Morgan fingerprint density at radius 1 is 0.778 bits per heavy atom. The van der Waals surface area contributed by atoms with Crippen LogP contribution >= 0.6 is 0 Å². The smallest absolute Gasteiger partial charge is 0.00373 e. The maximum atomic E-state index is 3.12. The van der Waals surface area contributed by atoms with Gasteiger partial charge in [-0.15, -0.1) is 0 Å². The first kappa shape index (κ1) is 15.3. The molecule has 0 aliphatic carbocycles. The third-order valence-electron chi connectivity index (χ3n) is 3.73. The SMILES string of the molecule is CCCCCCCCCCCCCc1cc[nH]c1. The lowest BCUT2D eigenvalue weighted by molar-refractivity contribution is 0.549. The molecular weight excluding hydrogens is 218 g/mol. The molecular formula is C17H31N. The number of hydrogen-bond donors (Lipinski definition) is 1. The van der Waals surface area contributed by atoms with E-state index >= 15 is 0 Å². The second kappa shape index (κ2) is 11.4. The van der Waals surface area contributed by atoms with Crippen LogP contribution in [0, 0.1) is 0 Å². The van der Waals surface area contributed by atoms with Crippen molar-refractivity contribution in [3.63, 3.8) is 0 Å². The zero-order valence-corrected chi connectivity index (χ0v) is 12.2. The van der Waals surface area contributed by atoms with E-state index in [-0.39, 0.29) is 0 Å². The largest absolute Gasteiger partial charge is 0.367 e. The number of hydrogen-bond acceptors (Lipinski definition) is 0. The highest BCUT2D eigenvalue weighted by atomic mass is 14.6. The zero-order valence-electron chi connectivity index (χ0n) is 12.2. The van der Waals surface area contributed by atoms with Gasteiger partial charge in [-0.05, 0) is 24.5 Å². The number of aryl methyl sites for hydroxylation is 1. The summed E-state index contributed by atoms with van der Waals surface area (Å²) >= 11 is 0. The van der Waals surface area contributed by atoms with E-state index in [1.807, 2.05) is 6.20 Å². The van der Waals surface area contributed by atoms with Gasteiger partial charge in [-0.1, -0.05) is 71.1 Å². The number of nitrogens with one attached hydrogen (secondary N) is 1. The topological polar surface area (TPSA) is 15.8 Å². The molecule has 0 amide bonds. The lowest BCUT2D eigenvalue weighted by Gasteiger charge is -2.02. The van der Waals surface area contributed by atoms with E-state index in [4.69, 9.17) is 0 Å². The maximum Gasteiger partial charge on any atom is 0.00373 e. The molecule has 1 nitrogen and oxygen atoms in total. The minimum absolute atomic E-state index is 1.25. The van der Waals surface area contributed by atoms with Crippen molar-refractivity contribution in [2.75, 3.05) is 0 Å². The second-order valence-corrected chi connectivity index (χ2v) is 5.50. The summed E-state index contributed by atoms with van der Waals surface area (Å²) in [4.78, 5) is 3.12. The molecule has 0 aliphatic heterocycles. The molecule has 1 heteroatoms. The van der Waals surface area contributed by atoms with E-state index in [0.717, 1.165) is 0 Å². The van der Waals surface area contributed by atoms with Crippen LogP contribution in [0.2, 0.25) is 0 Å². The van der Waals surface area contributed by atoms with E-state index in [9.17, 15) is 0 Å². The summed E-state index contributed by atoms with van der Waals surface area (Å²) in [5, 5.41) is 0. The Morgan fingerprint density at radius 3 is 1.83 bits per heavy atom. The van der Waals surface area contributed by atoms with Crippen molar-refractivity contribution in [3.8, 4) is 0 Å². The molecule has 1 rings (SSSR count). The van der Waals surface area contributed by atoms with Crippen LogP contribution in [0.3, 0.4) is 0 Å². The van der Waals surface area contributed by atoms with Gasteiger partial charge in [-0.2, -0.15) is 0 Å². The van der Waals surface area contributed by atoms with Gasteiger partial charge in [0.15, 0.2) is 0 Å². The highest BCUT2D eigenvalue weighted by Crippen LogP contribution is 2.12. The molecule has 104 valence electrons. The molecule has 0 unspecified atom stereocenters. The van der Waals surface area contributed by atoms with E-state index in [0.29, 0.717) is 0 Å². The van der Waals surface area contributed by atoms with Crippen molar-refractivity contribution < 1.29 is 0 Å². The van der Waals surface area contributed by atoms with Crippen LogP contribution in [0.25, 0.3) is 0 Å². The molecule has 0 saturated heterocycles. The molecule has 0 aliphatic rings. The summed E-state index contributed by atoms with van der Waals surface area (Å²) in [6.07, 6.45) is 21.1. The summed E-state index contributed by atoms with van der Waals surface area (Å²) < 4.78 is 0. The van der Waals surface area contributed by atoms with Crippen molar-refractivity contribution >= 4 is 0 Å². The first-order chi connectivity index (χ1) is 8.93. The van der Waals surface area contributed by atoms with Crippen LogP contribution in [0.5, 0.6) is 0 Å². The minimum atomic E-state index is 1.25. The second-order valence-electron chi connectivity index (χ2n) is 5.50. The molecule has 0 spiro atoms. The quantitative estimate of drug-likeness (QED) is 0.446. The van der Waals surface area contributed by atoms with E-state index in [1.165, 1.54) is 82.6 Å². The molecule has 1 N–H and O–H groups in total. The zero-order chi connectivity index (χ0) is 12.9. The Kier molecular flexibility index (Phi) is 9.69. The van der Waals surface area contributed by atoms with Crippen LogP contribution in [-0.2, 0) is 6.42 Å². The molecule has 0 aromatic carbocycles. The van der Waals surface area contributed by atoms with Gasteiger partial charge in [0.25, 0.3) is 0 Å². The van der Waals surface area contributed by atoms with Crippen molar-refractivity contribution in [3.05, 3.63) is 24.0 Å². The molecule has 0 saturated carbocycles. The first-order valence-corrected chi connectivity index (χ1v) is 8.05. The standard InChI is InChI=1S/C17H31N/c1-2-3-4-5-6-7-8-9-10-11-12-13-17-14-15-18-16-17/h14-16,18H,2-13H2,1H3. The molecule has 0 fully saturated rings. The van der Waals surface area contributed by atoms with Crippen molar-refractivity contribution in [2.24, 2.45) is 0 Å². The Balaban J connectivity index is 1.73. The van der Waals surface area contributed by atoms with Gasteiger partial charge in [0, 0.05) is 12.4 Å². The van der Waals surface area contributed by atoms with E-state index in [1.54, 1.807) is 0 Å². The monoisotopic (exact) mass is 249 g/mol. The molecule has 1 aromatic rings. The fourth-order valence-electron chi connectivity index (χ4n) is 2.51.